The van der Waals surface area contributed by atoms with E-state index >= 15 is 0 Å². The fraction of sp³-hybridized carbons (Fsp3) is 0.333. The van der Waals surface area contributed by atoms with Crippen LogP contribution in [0.1, 0.15) is 23.2 Å². The van der Waals surface area contributed by atoms with Gasteiger partial charge in [0, 0.05) is 43.2 Å². The molecular weight excluding hydrogens is 378 g/mol. The Morgan fingerprint density at radius 2 is 1.77 bits per heavy atom. The topological polar surface area (TPSA) is 56.6 Å². The number of hydrogen-bond donors (Lipinski definition) is 0. The first-order chi connectivity index (χ1) is 14.7. The minimum Gasteiger partial charge on any atom is -0.493 e. The van der Waals surface area contributed by atoms with Gasteiger partial charge in [0.1, 0.15) is 5.82 Å². The molecule has 1 amide bonds. The highest BCUT2D eigenvalue weighted by molar-refractivity contribution is 5.95. The fourth-order valence-corrected chi connectivity index (χ4v) is 4.05. The number of carbonyl (C=O) groups is 1. The molecule has 0 spiro atoms. The summed E-state index contributed by atoms with van der Waals surface area (Å²) in [7, 11) is 3.17. The van der Waals surface area contributed by atoms with Crippen LogP contribution >= 0.6 is 0 Å². The van der Waals surface area contributed by atoms with Crippen LogP contribution < -0.4 is 9.47 Å². The second kappa shape index (κ2) is 9.03. The Bertz CT molecular complexity index is 992. The molecule has 3 aromatic rings. The van der Waals surface area contributed by atoms with Crippen LogP contribution in [0.5, 0.6) is 11.5 Å². The van der Waals surface area contributed by atoms with Crippen LogP contribution in [0.25, 0.3) is 11.4 Å². The van der Waals surface area contributed by atoms with E-state index < -0.39 is 0 Å². The minimum absolute atomic E-state index is 0.0435. The zero-order chi connectivity index (χ0) is 20.9. The van der Waals surface area contributed by atoms with Gasteiger partial charge in [-0.25, -0.2) is 4.98 Å². The first kappa shape index (κ1) is 20.0. The highest BCUT2D eigenvalue weighted by Crippen LogP contribution is 2.29. The summed E-state index contributed by atoms with van der Waals surface area (Å²) in [5.41, 5.74) is 1.76. The van der Waals surface area contributed by atoms with Gasteiger partial charge in [0.15, 0.2) is 11.5 Å². The number of benzene rings is 2. The van der Waals surface area contributed by atoms with Gasteiger partial charge in [-0.3, -0.25) is 4.79 Å². The predicted molar refractivity (Wildman–Crippen MR) is 116 cm³/mol. The molecule has 0 saturated carbocycles. The van der Waals surface area contributed by atoms with Gasteiger partial charge in [0.05, 0.1) is 14.2 Å². The molecule has 2 heterocycles. The second-order valence-electron chi connectivity index (χ2n) is 7.57. The Hall–Kier alpha value is -3.28. The molecule has 0 aliphatic carbocycles. The fourth-order valence-electron chi connectivity index (χ4n) is 4.05. The first-order valence-electron chi connectivity index (χ1n) is 10.3. The van der Waals surface area contributed by atoms with Crippen LogP contribution in [0.2, 0.25) is 0 Å². The van der Waals surface area contributed by atoms with Crippen LogP contribution in [0, 0.1) is 5.92 Å². The summed E-state index contributed by atoms with van der Waals surface area (Å²) in [6.07, 6.45) is 5.86. The lowest BCUT2D eigenvalue weighted by Crippen LogP contribution is -2.39. The Morgan fingerprint density at radius 3 is 2.47 bits per heavy atom. The summed E-state index contributed by atoms with van der Waals surface area (Å²) in [4.78, 5) is 19.4. The van der Waals surface area contributed by atoms with Crippen LogP contribution in [0.15, 0.2) is 60.9 Å². The van der Waals surface area contributed by atoms with Crippen molar-refractivity contribution in [2.45, 2.75) is 19.4 Å². The maximum absolute atomic E-state index is 12.9. The molecule has 0 N–H and O–H groups in total. The molecule has 1 aliphatic rings. The van der Waals surface area contributed by atoms with Gasteiger partial charge in [-0.05, 0) is 37.0 Å². The van der Waals surface area contributed by atoms with Gasteiger partial charge in [0.2, 0.25) is 0 Å². The quantitative estimate of drug-likeness (QED) is 0.619. The van der Waals surface area contributed by atoms with Gasteiger partial charge in [-0.2, -0.15) is 0 Å². The molecule has 0 bridgehead atoms. The van der Waals surface area contributed by atoms with Crippen LogP contribution in [0.3, 0.4) is 0 Å². The molecule has 156 valence electrons. The molecule has 4 rings (SSSR count). The third kappa shape index (κ3) is 4.17. The molecule has 6 nitrogen and oxygen atoms in total. The number of nitrogens with zero attached hydrogens (tertiary/aromatic N) is 3. The maximum Gasteiger partial charge on any atom is 0.253 e. The molecular formula is C24H27N3O3. The second-order valence-corrected chi connectivity index (χ2v) is 7.57. The largest absolute Gasteiger partial charge is 0.493 e. The van der Waals surface area contributed by atoms with Crippen molar-refractivity contribution < 1.29 is 14.3 Å². The van der Waals surface area contributed by atoms with E-state index in [1.54, 1.807) is 32.4 Å². The number of likely N-dealkylation sites (tertiary alicyclic amines) is 1. The van der Waals surface area contributed by atoms with Gasteiger partial charge in [0.25, 0.3) is 5.91 Å². The average molecular weight is 405 g/mol. The van der Waals surface area contributed by atoms with Crippen molar-refractivity contribution >= 4 is 5.91 Å². The Morgan fingerprint density at radius 1 is 1.03 bits per heavy atom. The standard InChI is InChI=1S/C24H27N3O3/c1-29-21-9-8-20(16-22(21)30-2)24(28)26-13-10-18(11-14-26)17-27-15-12-25-23(27)19-6-4-3-5-7-19/h3-9,12,15-16,18H,10-11,13-14,17H2,1-2H3. The number of ether oxygens (including phenoxy) is 2. The van der Waals surface area contributed by atoms with Crippen molar-refractivity contribution in [3.8, 4) is 22.9 Å². The molecule has 0 atom stereocenters. The highest BCUT2D eigenvalue weighted by Gasteiger charge is 2.25. The van der Waals surface area contributed by atoms with Crippen molar-refractivity contribution in [1.82, 2.24) is 14.5 Å². The number of carbonyl (C=O) groups excluding carboxylic acids is 1. The number of rotatable bonds is 6. The molecule has 1 aliphatic heterocycles. The van der Waals surface area contributed by atoms with Crippen molar-refractivity contribution in [1.29, 1.82) is 0 Å². The monoisotopic (exact) mass is 405 g/mol. The zero-order valence-electron chi connectivity index (χ0n) is 17.5. The van der Waals surface area contributed by atoms with Gasteiger partial charge >= 0.3 is 0 Å². The van der Waals surface area contributed by atoms with E-state index in [4.69, 9.17) is 9.47 Å². The molecule has 1 aromatic heterocycles. The van der Waals surface area contributed by atoms with Crippen molar-refractivity contribution in [3.63, 3.8) is 0 Å². The van der Waals surface area contributed by atoms with Crippen LogP contribution in [-0.4, -0.2) is 47.7 Å². The van der Waals surface area contributed by atoms with E-state index in [2.05, 4.69) is 21.7 Å². The average Bonchev–Trinajstić information content (AvgIpc) is 3.27. The number of piperidine rings is 1. The van der Waals surface area contributed by atoms with Crippen molar-refractivity contribution in [3.05, 3.63) is 66.5 Å². The normalized spacial score (nSPS) is 14.5. The number of aromatic nitrogens is 2. The maximum atomic E-state index is 12.9. The molecule has 0 unspecified atom stereocenters. The van der Waals surface area contributed by atoms with E-state index in [0.717, 1.165) is 43.9 Å². The lowest BCUT2D eigenvalue weighted by molar-refractivity contribution is 0.0682. The number of imidazole rings is 1. The van der Waals surface area contributed by atoms with E-state index in [9.17, 15) is 4.79 Å². The van der Waals surface area contributed by atoms with Crippen LogP contribution in [-0.2, 0) is 6.54 Å². The van der Waals surface area contributed by atoms with Gasteiger partial charge < -0.3 is 18.9 Å². The molecule has 0 radical (unpaired) electrons. The third-order valence-corrected chi connectivity index (χ3v) is 5.73. The summed E-state index contributed by atoms with van der Waals surface area (Å²) < 4.78 is 12.8. The first-order valence-corrected chi connectivity index (χ1v) is 10.3. The summed E-state index contributed by atoms with van der Waals surface area (Å²) in [6.45, 7) is 2.43. The number of amides is 1. The number of hydrogen-bond acceptors (Lipinski definition) is 4. The zero-order valence-corrected chi connectivity index (χ0v) is 17.5. The minimum atomic E-state index is 0.0435. The third-order valence-electron chi connectivity index (χ3n) is 5.73. The van der Waals surface area contributed by atoms with Gasteiger partial charge in [-0.15, -0.1) is 0 Å². The van der Waals surface area contributed by atoms with E-state index in [0.29, 0.717) is 23.0 Å². The lowest BCUT2D eigenvalue weighted by atomic mass is 9.96. The summed E-state index contributed by atoms with van der Waals surface area (Å²) >= 11 is 0. The molecule has 6 heteroatoms. The summed E-state index contributed by atoms with van der Waals surface area (Å²) in [6, 6.07) is 15.6. The highest BCUT2D eigenvalue weighted by atomic mass is 16.5. The molecule has 1 saturated heterocycles. The van der Waals surface area contributed by atoms with E-state index in [-0.39, 0.29) is 5.91 Å². The van der Waals surface area contributed by atoms with E-state index in [1.165, 1.54) is 0 Å². The van der Waals surface area contributed by atoms with Crippen molar-refractivity contribution in [2.75, 3.05) is 27.3 Å². The van der Waals surface area contributed by atoms with Gasteiger partial charge in [-0.1, -0.05) is 30.3 Å². The SMILES string of the molecule is COc1ccc(C(=O)N2CCC(Cn3ccnc3-c3ccccc3)CC2)cc1OC. The Balaban J connectivity index is 1.38. The molecule has 30 heavy (non-hydrogen) atoms. The predicted octanol–water partition coefficient (Wildman–Crippen LogP) is 4.12. The molecule has 1 fully saturated rings. The Labute approximate surface area is 177 Å². The smallest absolute Gasteiger partial charge is 0.253 e. The van der Waals surface area contributed by atoms with Crippen molar-refractivity contribution in [2.24, 2.45) is 5.92 Å². The summed E-state index contributed by atoms with van der Waals surface area (Å²) in [5.74, 6) is 2.77. The number of methoxy groups -OCH3 is 2. The van der Waals surface area contributed by atoms with Crippen LogP contribution in [0.4, 0.5) is 0 Å². The molecule has 2 aromatic carbocycles. The lowest BCUT2D eigenvalue weighted by Gasteiger charge is -2.32. The van der Waals surface area contributed by atoms with E-state index in [1.807, 2.05) is 35.5 Å². The summed E-state index contributed by atoms with van der Waals surface area (Å²) in [5, 5.41) is 0. The Kier molecular flexibility index (Phi) is 6.02.